The van der Waals surface area contributed by atoms with Crippen LogP contribution in [0.25, 0.3) is 5.57 Å². The van der Waals surface area contributed by atoms with Crippen molar-refractivity contribution in [3.8, 4) is 0 Å². The molecule has 25 heavy (non-hydrogen) atoms. The average Bonchev–Trinajstić information content (AvgIpc) is 2.64. The zero-order valence-electron chi connectivity index (χ0n) is 15.3. The topological polar surface area (TPSA) is 12.4 Å². The Bertz CT molecular complexity index is 849. The van der Waals surface area contributed by atoms with Gasteiger partial charge < -0.3 is 0 Å². The SMILES string of the molecule is C=C(C1=C(N=C(C)c2ccccc2)C(C)CC=C1)c1ccc(C)cc1. The van der Waals surface area contributed by atoms with Gasteiger partial charge in [-0.15, -0.1) is 0 Å². The molecule has 1 aliphatic rings. The molecule has 0 aliphatic heterocycles. The summed E-state index contributed by atoms with van der Waals surface area (Å²) < 4.78 is 0. The molecule has 0 saturated carbocycles. The lowest BCUT2D eigenvalue weighted by atomic mass is 9.87. The Labute approximate surface area is 151 Å². The zero-order chi connectivity index (χ0) is 17.8. The molecule has 3 rings (SSSR count). The molecule has 0 aromatic heterocycles. The van der Waals surface area contributed by atoms with Crippen molar-refractivity contribution in [1.82, 2.24) is 0 Å². The van der Waals surface area contributed by atoms with Gasteiger partial charge in [0.25, 0.3) is 0 Å². The third-order valence-electron chi connectivity index (χ3n) is 4.72. The highest BCUT2D eigenvalue weighted by molar-refractivity contribution is 5.99. The maximum absolute atomic E-state index is 5.02. The summed E-state index contributed by atoms with van der Waals surface area (Å²) >= 11 is 0. The van der Waals surface area contributed by atoms with Crippen LogP contribution in [0.1, 0.15) is 37.0 Å². The van der Waals surface area contributed by atoms with Gasteiger partial charge in [0.2, 0.25) is 0 Å². The fourth-order valence-electron chi connectivity index (χ4n) is 3.11. The molecular formula is C24H25N. The first kappa shape index (κ1) is 17.2. The standard InChI is InChI=1S/C24H25N/c1-17-13-15-21(16-14-17)19(3)23-12-8-9-18(2)24(23)25-20(4)22-10-6-5-7-11-22/h5-8,10-16,18H,3,9H2,1-2,4H3. The first-order valence-corrected chi connectivity index (χ1v) is 8.84. The fourth-order valence-corrected chi connectivity index (χ4v) is 3.11. The van der Waals surface area contributed by atoms with Crippen LogP contribution in [0.2, 0.25) is 0 Å². The minimum absolute atomic E-state index is 0.390. The van der Waals surface area contributed by atoms with Crippen molar-refractivity contribution >= 4 is 11.3 Å². The molecule has 1 nitrogen and oxygen atoms in total. The molecule has 1 heteroatoms. The van der Waals surface area contributed by atoms with Crippen LogP contribution in [0.3, 0.4) is 0 Å². The molecule has 0 spiro atoms. The lowest BCUT2D eigenvalue weighted by molar-refractivity contribution is 0.673. The summed E-state index contributed by atoms with van der Waals surface area (Å²) in [5, 5.41) is 0. The van der Waals surface area contributed by atoms with Gasteiger partial charge in [-0.05, 0) is 37.0 Å². The van der Waals surface area contributed by atoms with E-state index >= 15 is 0 Å². The number of allylic oxidation sites excluding steroid dienone is 5. The van der Waals surface area contributed by atoms with Crippen LogP contribution in [0, 0.1) is 12.8 Å². The van der Waals surface area contributed by atoms with Gasteiger partial charge in [0, 0.05) is 17.2 Å². The normalized spacial score (nSPS) is 17.7. The van der Waals surface area contributed by atoms with E-state index in [1.165, 1.54) is 5.56 Å². The van der Waals surface area contributed by atoms with E-state index in [4.69, 9.17) is 4.99 Å². The molecule has 1 aliphatic carbocycles. The summed E-state index contributed by atoms with van der Waals surface area (Å²) in [6.07, 6.45) is 5.43. The summed E-state index contributed by atoms with van der Waals surface area (Å²) in [4.78, 5) is 5.02. The van der Waals surface area contributed by atoms with E-state index in [-0.39, 0.29) is 0 Å². The lowest BCUT2D eigenvalue weighted by Gasteiger charge is -2.21. The van der Waals surface area contributed by atoms with Gasteiger partial charge >= 0.3 is 0 Å². The molecule has 126 valence electrons. The van der Waals surface area contributed by atoms with Gasteiger partial charge in [0.05, 0.1) is 5.70 Å². The van der Waals surface area contributed by atoms with E-state index in [0.29, 0.717) is 5.92 Å². The van der Waals surface area contributed by atoms with Crippen LogP contribution < -0.4 is 0 Å². The zero-order valence-corrected chi connectivity index (χ0v) is 15.3. The van der Waals surface area contributed by atoms with Crippen LogP contribution in [0.15, 0.2) is 89.6 Å². The monoisotopic (exact) mass is 327 g/mol. The van der Waals surface area contributed by atoms with Crippen molar-refractivity contribution in [1.29, 1.82) is 0 Å². The Balaban J connectivity index is 2.03. The molecular weight excluding hydrogens is 302 g/mol. The Morgan fingerprint density at radius 3 is 2.36 bits per heavy atom. The first-order valence-electron chi connectivity index (χ1n) is 8.84. The predicted octanol–water partition coefficient (Wildman–Crippen LogP) is 6.37. The van der Waals surface area contributed by atoms with Crippen LogP contribution in [0.5, 0.6) is 0 Å². The third-order valence-corrected chi connectivity index (χ3v) is 4.72. The summed E-state index contributed by atoms with van der Waals surface area (Å²) in [5.74, 6) is 0.390. The number of benzene rings is 2. The van der Waals surface area contributed by atoms with Crippen LogP contribution in [-0.4, -0.2) is 5.71 Å². The molecule has 0 N–H and O–H groups in total. The molecule has 0 saturated heterocycles. The number of hydrogen-bond acceptors (Lipinski definition) is 1. The van der Waals surface area contributed by atoms with Crippen molar-refractivity contribution in [2.24, 2.45) is 10.9 Å². The Hall–Kier alpha value is -2.67. The highest BCUT2D eigenvalue weighted by atomic mass is 14.8. The maximum Gasteiger partial charge on any atom is 0.0516 e. The molecule has 1 unspecified atom stereocenters. The largest absolute Gasteiger partial charge is 0.257 e. The van der Waals surface area contributed by atoms with Crippen LogP contribution in [-0.2, 0) is 0 Å². The van der Waals surface area contributed by atoms with Gasteiger partial charge in [-0.2, -0.15) is 0 Å². The van der Waals surface area contributed by atoms with Gasteiger partial charge in [-0.25, -0.2) is 0 Å². The number of aryl methyl sites for hydroxylation is 1. The summed E-state index contributed by atoms with van der Waals surface area (Å²) in [7, 11) is 0. The molecule has 0 amide bonds. The van der Waals surface area contributed by atoms with Crippen molar-refractivity contribution in [2.45, 2.75) is 27.2 Å². The quantitative estimate of drug-likeness (QED) is 0.579. The molecule has 0 heterocycles. The highest BCUT2D eigenvalue weighted by Crippen LogP contribution is 2.34. The molecule has 2 aromatic carbocycles. The van der Waals surface area contributed by atoms with E-state index < -0.39 is 0 Å². The summed E-state index contributed by atoms with van der Waals surface area (Å²) in [6, 6.07) is 18.9. The van der Waals surface area contributed by atoms with E-state index in [0.717, 1.165) is 40.1 Å². The minimum atomic E-state index is 0.390. The van der Waals surface area contributed by atoms with Gasteiger partial charge in [0.15, 0.2) is 0 Å². The molecule has 1 atom stereocenters. The highest BCUT2D eigenvalue weighted by Gasteiger charge is 2.18. The van der Waals surface area contributed by atoms with Gasteiger partial charge in [0.1, 0.15) is 0 Å². The molecule has 0 radical (unpaired) electrons. The van der Waals surface area contributed by atoms with Crippen molar-refractivity contribution in [3.63, 3.8) is 0 Å². The van der Waals surface area contributed by atoms with Crippen molar-refractivity contribution in [2.75, 3.05) is 0 Å². The average molecular weight is 327 g/mol. The number of hydrogen-bond donors (Lipinski definition) is 0. The summed E-state index contributed by atoms with van der Waals surface area (Å²) in [6.45, 7) is 10.8. The van der Waals surface area contributed by atoms with E-state index in [9.17, 15) is 0 Å². The number of rotatable bonds is 4. The molecule has 0 fully saturated rings. The molecule has 2 aromatic rings. The Kier molecular flexibility index (Phi) is 5.14. The number of aliphatic imine (C=N–C) groups is 1. The Morgan fingerprint density at radius 2 is 1.68 bits per heavy atom. The third kappa shape index (κ3) is 3.88. The second kappa shape index (κ2) is 7.48. The van der Waals surface area contributed by atoms with Crippen molar-refractivity contribution in [3.05, 3.63) is 101 Å². The van der Waals surface area contributed by atoms with Crippen LogP contribution in [0.4, 0.5) is 0 Å². The van der Waals surface area contributed by atoms with Gasteiger partial charge in [-0.1, -0.05) is 85.8 Å². The van der Waals surface area contributed by atoms with E-state index in [2.05, 4.69) is 88.0 Å². The van der Waals surface area contributed by atoms with E-state index in [1.54, 1.807) is 0 Å². The smallest absolute Gasteiger partial charge is 0.0516 e. The molecule has 0 bridgehead atoms. The predicted molar refractivity (Wildman–Crippen MR) is 109 cm³/mol. The maximum atomic E-state index is 5.02. The fraction of sp³-hybridized carbons (Fsp3) is 0.208. The second-order valence-corrected chi connectivity index (χ2v) is 6.75. The lowest BCUT2D eigenvalue weighted by Crippen LogP contribution is -2.08. The van der Waals surface area contributed by atoms with Gasteiger partial charge in [-0.3, -0.25) is 4.99 Å². The van der Waals surface area contributed by atoms with Crippen molar-refractivity contribution < 1.29 is 0 Å². The first-order chi connectivity index (χ1) is 12.1. The second-order valence-electron chi connectivity index (χ2n) is 6.75. The Morgan fingerprint density at radius 1 is 1.00 bits per heavy atom. The summed E-state index contributed by atoms with van der Waals surface area (Å²) in [5.41, 5.74) is 7.96. The number of nitrogens with zero attached hydrogens (tertiary/aromatic N) is 1. The van der Waals surface area contributed by atoms with Crippen LogP contribution >= 0.6 is 0 Å². The van der Waals surface area contributed by atoms with E-state index in [1.807, 2.05) is 6.07 Å². The minimum Gasteiger partial charge on any atom is -0.257 e.